The molecule has 1 fully saturated rings. The van der Waals surface area contributed by atoms with Gasteiger partial charge in [-0.1, -0.05) is 12.1 Å². The molecule has 0 aliphatic heterocycles. The summed E-state index contributed by atoms with van der Waals surface area (Å²) in [6.45, 7) is 1.51. The van der Waals surface area contributed by atoms with Crippen molar-refractivity contribution in [2.45, 2.75) is 32.2 Å². The van der Waals surface area contributed by atoms with Gasteiger partial charge in [-0.3, -0.25) is 9.59 Å². The Labute approximate surface area is 107 Å². The molecule has 4 heteroatoms. The minimum atomic E-state index is -0.00557. The van der Waals surface area contributed by atoms with Crippen LogP contribution in [-0.4, -0.2) is 17.7 Å². The van der Waals surface area contributed by atoms with Crippen molar-refractivity contribution < 1.29 is 9.59 Å². The van der Waals surface area contributed by atoms with Crippen molar-refractivity contribution in [2.75, 3.05) is 5.32 Å². The van der Waals surface area contributed by atoms with Crippen LogP contribution >= 0.6 is 0 Å². The summed E-state index contributed by atoms with van der Waals surface area (Å²) in [5.74, 6) is -0.00127. The van der Waals surface area contributed by atoms with Gasteiger partial charge in [0, 0.05) is 23.2 Å². The monoisotopic (exact) mass is 246 g/mol. The minimum Gasteiger partial charge on any atom is -0.328 e. The number of carbonyl (C=O) groups excluding carboxylic acids is 2. The molecule has 0 spiro atoms. The van der Waals surface area contributed by atoms with Crippen LogP contribution in [0.25, 0.3) is 0 Å². The fourth-order valence-electron chi connectivity index (χ4n) is 2.31. The Bertz CT molecular complexity index is 471. The van der Waals surface area contributed by atoms with Crippen LogP contribution in [0.5, 0.6) is 0 Å². The van der Waals surface area contributed by atoms with Gasteiger partial charge in [0.1, 0.15) is 0 Å². The molecule has 4 nitrogen and oxygen atoms in total. The molecule has 1 aliphatic rings. The summed E-state index contributed by atoms with van der Waals surface area (Å²) in [4.78, 5) is 23.2. The van der Waals surface area contributed by atoms with Gasteiger partial charge in [0.25, 0.3) is 0 Å². The highest BCUT2D eigenvalue weighted by molar-refractivity contribution is 5.97. The summed E-state index contributed by atoms with van der Waals surface area (Å²) in [6, 6.07) is 7.15. The van der Waals surface area contributed by atoms with Gasteiger partial charge in [-0.2, -0.15) is 0 Å². The number of hydrogen-bond acceptors (Lipinski definition) is 3. The largest absolute Gasteiger partial charge is 0.328 e. The van der Waals surface area contributed by atoms with E-state index in [9.17, 15) is 9.59 Å². The number of benzene rings is 1. The molecule has 18 heavy (non-hydrogen) atoms. The van der Waals surface area contributed by atoms with E-state index in [1.54, 1.807) is 24.3 Å². The second kappa shape index (κ2) is 5.31. The zero-order valence-electron chi connectivity index (χ0n) is 10.5. The van der Waals surface area contributed by atoms with Crippen LogP contribution in [0.4, 0.5) is 5.69 Å². The highest BCUT2D eigenvalue weighted by atomic mass is 16.2. The lowest BCUT2D eigenvalue weighted by atomic mass is 10.1. The lowest BCUT2D eigenvalue weighted by Crippen LogP contribution is -2.23. The maximum absolute atomic E-state index is 12.0. The fraction of sp³-hybridized carbons (Fsp3) is 0.429. The Hall–Kier alpha value is -1.68. The van der Waals surface area contributed by atoms with Crippen LogP contribution < -0.4 is 11.1 Å². The van der Waals surface area contributed by atoms with Crippen LogP contribution in [0, 0.1) is 5.92 Å². The molecule has 96 valence electrons. The quantitative estimate of drug-likeness (QED) is 0.801. The van der Waals surface area contributed by atoms with E-state index < -0.39 is 0 Å². The van der Waals surface area contributed by atoms with E-state index in [2.05, 4.69) is 5.32 Å². The van der Waals surface area contributed by atoms with E-state index in [4.69, 9.17) is 5.73 Å². The van der Waals surface area contributed by atoms with Crippen molar-refractivity contribution in [1.82, 2.24) is 0 Å². The molecule has 1 amide bonds. The number of amides is 1. The molecule has 1 aliphatic carbocycles. The standard InChI is InChI=1S/C14H18N2O2/c1-9(17)10-3-2-4-13(8-10)16-14(18)11-5-6-12(15)7-11/h2-4,8,11-12H,5-7,15H2,1H3,(H,16,18). The first-order valence-corrected chi connectivity index (χ1v) is 6.23. The SMILES string of the molecule is CC(=O)c1cccc(NC(=O)C2CCC(N)C2)c1. The zero-order valence-corrected chi connectivity index (χ0v) is 10.5. The number of anilines is 1. The normalized spacial score (nSPS) is 22.8. The summed E-state index contributed by atoms with van der Waals surface area (Å²) in [7, 11) is 0. The number of rotatable bonds is 3. The number of Topliss-reactive ketones (excluding diaryl/α,β-unsaturated/α-hetero) is 1. The van der Waals surface area contributed by atoms with E-state index in [0.717, 1.165) is 19.3 Å². The van der Waals surface area contributed by atoms with E-state index >= 15 is 0 Å². The number of ketones is 1. The summed E-state index contributed by atoms with van der Waals surface area (Å²) in [5.41, 5.74) is 7.08. The van der Waals surface area contributed by atoms with E-state index in [-0.39, 0.29) is 23.7 Å². The number of carbonyl (C=O) groups is 2. The van der Waals surface area contributed by atoms with Crippen LogP contribution in [0.1, 0.15) is 36.5 Å². The van der Waals surface area contributed by atoms with Gasteiger partial charge in [-0.05, 0) is 38.3 Å². The molecule has 3 N–H and O–H groups in total. The van der Waals surface area contributed by atoms with Crippen LogP contribution in [0.3, 0.4) is 0 Å². The minimum absolute atomic E-state index is 0.000911. The molecule has 0 bridgehead atoms. The molecule has 0 radical (unpaired) electrons. The zero-order chi connectivity index (χ0) is 13.1. The highest BCUT2D eigenvalue weighted by Crippen LogP contribution is 2.25. The van der Waals surface area contributed by atoms with Crippen LogP contribution in [0.15, 0.2) is 24.3 Å². The average molecular weight is 246 g/mol. The molecule has 1 aromatic carbocycles. The highest BCUT2D eigenvalue weighted by Gasteiger charge is 2.27. The van der Waals surface area contributed by atoms with Gasteiger partial charge in [0.15, 0.2) is 5.78 Å². The topological polar surface area (TPSA) is 72.2 Å². The first-order valence-electron chi connectivity index (χ1n) is 6.23. The van der Waals surface area contributed by atoms with Crippen molar-refractivity contribution in [1.29, 1.82) is 0 Å². The van der Waals surface area contributed by atoms with Crippen molar-refractivity contribution in [3.8, 4) is 0 Å². The molecule has 2 rings (SSSR count). The third-order valence-corrected chi connectivity index (χ3v) is 3.38. The molecule has 0 heterocycles. The molecule has 2 atom stereocenters. The summed E-state index contributed by atoms with van der Waals surface area (Å²) in [5, 5.41) is 2.85. The van der Waals surface area contributed by atoms with Crippen molar-refractivity contribution in [2.24, 2.45) is 11.7 Å². The second-order valence-electron chi connectivity index (χ2n) is 4.90. The Balaban J connectivity index is 2.03. The first-order chi connectivity index (χ1) is 8.56. The maximum Gasteiger partial charge on any atom is 0.227 e. The van der Waals surface area contributed by atoms with Gasteiger partial charge in [0.05, 0.1) is 0 Å². The third kappa shape index (κ3) is 2.96. The Morgan fingerprint density at radius 3 is 2.72 bits per heavy atom. The van der Waals surface area contributed by atoms with Gasteiger partial charge >= 0.3 is 0 Å². The van der Waals surface area contributed by atoms with Crippen LogP contribution in [-0.2, 0) is 4.79 Å². The van der Waals surface area contributed by atoms with E-state index in [1.807, 2.05) is 0 Å². The molecule has 2 unspecified atom stereocenters. The summed E-state index contributed by atoms with van der Waals surface area (Å²) >= 11 is 0. The van der Waals surface area contributed by atoms with Gasteiger partial charge in [-0.15, -0.1) is 0 Å². The number of hydrogen-bond donors (Lipinski definition) is 2. The maximum atomic E-state index is 12.0. The number of nitrogens with one attached hydrogen (secondary N) is 1. The smallest absolute Gasteiger partial charge is 0.227 e. The average Bonchev–Trinajstić information content (AvgIpc) is 2.76. The fourth-order valence-corrected chi connectivity index (χ4v) is 2.31. The molecular formula is C14H18N2O2. The predicted octanol–water partition coefficient (Wildman–Crippen LogP) is 1.96. The number of nitrogens with two attached hydrogens (primary N) is 1. The lowest BCUT2D eigenvalue weighted by molar-refractivity contribution is -0.119. The van der Waals surface area contributed by atoms with E-state index in [1.165, 1.54) is 6.92 Å². The third-order valence-electron chi connectivity index (χ3n) is 3.38. The van der Waals surface area contributed by atoms with Crippen molar-refractivity contribution in [3.63, 3.8) is 0 Å². The van der Waals surface area contributed by atoms with Gasteiger partial charge < -0.3 is 11.1 Å². The summed E-state index contributed by atoms with van der Waals surface area (Å²) in [6.07, 6.45) is 2.50. The van der Waals surface area contributed by atoms with E-state index in [0.29, 0.717) is 11.3 Å². The molecule has 0 saturated heterocycles. The lowest BCUT2D eigenvalue weighted by Gasteiger charge is -2.11. The van der Waals surface area contributed by atoms with Crippen LogP contribution in [0.2, 0.25) is 0 Å². The van der Waals surface area contributed by atoms with Gasteiger partial charge in [0.2, 0.25) is 5.91 Å². The molecule has 1 aromatic rings. The van der Waals surface area contributed by atoms with Crippen molar-refractivity contribution >= 4 is 17.4 Å². The van der Waals surface area contributed by atoms with Gasteiger partial charge in [-0.25, -0.2) is 0 Å². The summed E-state index contributed by atoms with van der Waals surface area (Å²) < 4.78 is 0. The Morgan fingerprint density at radius 1 is 1.33 bits per heavy atom. The molecule has 1 saturated carbocycles. The van der Waals surface area contributed by atoms with Crippen molar-refractivity contribution in [3.05, 3.63) is 29.8 Å². The molecular weight excluding hydrogens is 228 g/mol. The Morgan fingerprint density at radius 2 is 2.11 bits per heavy atom. The Kier molecular flexibility index (Phi) is 3.77. The molecule has 0 aromatic heterocycles. The first kappa shape index (κ1) is 12.8. The second-order valence-corrected chi connectivity index (χ2v) is 4.90. The predicted molar refractivity (Wildman–Crippen MR) is 70.4 cm³/mol.